The number of thiazole rings is 1. The number of nitrogens with zero attached hydrogens (tertiary/aromatic N) is 3. The van der Waals surface area contributed by atoms with Gasteiger partial charge in [-0.15, -0.1) is 11.3 Å². The first-order valence-corrected chi connectivity index (χ1v) is 10.0. The van der Waals surface area contributed by atoms with Gasteiger partial charge in [-0.05, 0) is 37.0 Å². The highest BCUT2D eigenvalue weighted by molar-refractivity contribution is 9.10. The van der Waals surface area contributed by atoms with Crippen LogP contribution in [0.3, 0.4) is 0 Å². The Kier molecular flexibility index (Phi) is 4.35. The van der Waals surface area contributed by atoms with Gasteiger partial charge in [0.05, 0.1) is 5.69 Å². The van der Waals surface area contributed by atoms with E-state index in [-0.39, 0.29) is 5.92 Å². The van der Waals surface area contributed by atoms with E-state index in [1.165, 1.54) is 5.56 Å². The summed E-state index contributed by atoms with van der Waals surface area (Å²) in [6, 6.07) is 8.35. The second-order valence-corrected chi connectivity index (χ2v) is 8.34. The molecule has 6 heteroatoms. The van der Waals surface area contributed by atoms with E-state index >= 15 is 0 Å². The highest BCUT2D eigenvalue weighted by atomic mass is 79.9. The predicted molar refractivity (Wildman–Crippen MR) is 101 cm³/mol. The van der Waals surface area contributed by atoms with Crippen LogP contribution in [0.5, 0.6) is 0 Å². The van der Waals surface area contributed by atoms with Gasteiger partial charge >= 0.3 is 0 Å². The molecule has 2 unspecified atom stereocenters. The van der Waals surface area contributed by atoms with Crippen LogP contribution in [-0.4, -0.2) is 42.0 Å². The molecule has 0 spiro atoms. The summed E-state index contributed by atoms with van der Waals surface area (Å²) in [5, 5.41) is 3.16. The first-order chi connectivity index (χ1) is 11.6. The summed E-state index contributed by atoms with van der Waals surface area (Å²) >= 11 is 5.21. The smallest absolute Gasteiger partial charge is 0.226 e. The second kappa shape index (κ2) is 6.48. The van der Waals surface area contributed by atoms with E-state index in [1.54, 1.807) is 11.3 Å². The summed E-state index contributed by atoms with van der Waals surface area (Å²) in [5.41, 5.74) is 2.35. The van der Waals surface area contributed by atoms with E-state index in [0.29, 0.717) is 11.8 Å². The van der Waals surface area contributed by atoms with Gasteiger partial charge in [-0.1, -0.05) is 28.1 Å². The van der Waals surface area contributed by atoms with Crippen molar-refractivity contribution in [3.05, 3.63) is 45.4 Å². The van der Waals surface area contributed by atoms with Crippen LogP contribution >= 0.6 is 27.3 Å². The predicted octanol–water partition coefficient (Wildman–Crippen LogP) is 3.67. The Morgan fingerprint density at radius 2 is 2.08 bits per heavy atom. The topological polar surface area (TPSA) is 36.4 Å². The van der Waals surface area contributed by atoms with Crippen molar-refractivity contribution in [1.82, 2.24) is 9.88 Å². The first kappa shape index (κ1) is 16.1. The summed E-state index contributed by atoms with van der Waals surface area (Å²) < 4.78 is 1.09. The molecule has 1 aromatic heterocycles. The molecule has 4 rings (SSSR count). The second-order valence-electron chi connectivity index (χ2n) is 6.59. The molecule has 2 atom stereocenters. The lowest BCUT2D eigenvalue weighted by Gasteiger charge is -2.34. The van der Waals surface area contributed by atoms with E-state index in [0.717, 1.165) is 47.9 Å². The molecule has 2 aliphatic rings. The number of anilines is 1. The SMILES string of the molecule is Cc1csc(N2CCN(C(=O)C3CC3c3cccc(Br)c3)CC2)n1. The van der Waals surface area contributed by atoms with Gasteiger partial charge in [-0.2, -0.15) is 0 Å². The molecule has 1 aliphatic carbocycles. The fraction of sp³-hybridized carbons (Fsp3) is 0.444. The van der Waals surface area contributed by atoms with Crippen LogP contribution in [0.4, 0.5) is 5.13 Å². The van der Waals surface area contributed by atoms with Gasteiger partial charge < -0.3 is 9.80 Å². The number of benzene rings is 1. The Hall–Kier alpha value is -1.40. The lowest BCUT2D eigenvalue weighted by atomic mass is 10.1. The van der Waals surface area contributed by atoms with Crippen LogP contribution in [0.1, 0.15) is 23.6 Å². The van der Waals surface area contributed by atoms with E-state index in [9.17, 15) is 4.79 Å². The summed E-state index contributed by atoms with van der Waals surface area (Å²) in [6.07, 6.45) is 0.987. The van der Waals surface area contributed by atoms with Crippen molar-refractivity contribution in [2.45, 2.75) is 19.3 Å². The Morgan fingerprint density at radius 1 is 1.29 bits per heavy atom. The van der Waals surface area contributed by atoms with Crippen LogP contribution in [0.25, 0.3) is 0 Å². The largest absolute Gasteiger partial charge is 0.345 e. The normalized spacial score (nSPS) is 23.4. The lowest BCUT2D eigenvalue weighted by Crippen LogP contribution is -2.49. The average molecular weight is 406 g/mol. The number of piperazine rings is 1. The highest BCUT2D eigenvalue weighted by Gasteiger charge is 2.46. The van der Waals surface area contributed by atoms with Gasteiger partial charge in [0.15, 0.2) is 5.13 Å². The van der Waals surface area contributed by atoms with Crippen molar-refractivity contribution in [2.75, 3.05) is 31.1 Å². The molecule has 1 amide bonds. The number of hydrogen-bond acceptors (Lipinski definition) is 4. The Labute approximate surface area is 154 Å². The maximum Gasteiger partial charge on any atom is 0.226 e. The number of hydrogen-bond donors (Lipinski definition) is 0. The number of carbonyl (C=O) groups is 1. The van der Waals surface area contributed by atoms with E-state index in [1.807, 2.05) is 24.0 Å². The van der Waals surface area contributed by atoms with Crippen molar-refractivity contribution in [3.8, 4) is 0 Å². The molecule has 0 bridgehead atoms. The standard InChI is InChI=1S/C18H20BrN3OS/c1-12-11-24-18(20-12)22-7-5-21(6-8-22)17(23)16-10-15(16)13-3-2-4-14(19)9-13/h2-4,9,11,15-16H,5-8,10H2,1H3. The molecule has 0 radical (unpaired) electrons. The molecular weight excluding hydrogens is 386 g/mol. The highest BCUT2D eigenvalue weighted by Crippen LogP contribution is 2.49. The van der Waals surface area contributed by atoms with E-state index < -0.39 is 0 Å². The first-order valence-electron chi connectivity index (χ1n) is 8.33. The molecule has 0 N–H and O–H groups in total. The van der Waals surface area contributed by atoms with Crippen molar-refractivity contribution in [1.29, 1.82) is 0 Å². The van der Waals surface area contributed by atoms with E-state index in [2.05, 4.69) is 43.3 Å². The molecule has 1 aromatic carbocycles. The molecule has 1 saturated carbocycles. The van der Waals surface area contributed by atoms with Gasteiger partial charge in [0.1, 0.15) is 0 Å². The third-order valence-electron chi connectivity index (χ3n) is 4.85. The fourth-order valence-electron chi connectivity index (χ4n) is 3.41. The van der Waals surface area contributed by atoms with Crippen LogP contribution in [0.15, 0.2) is 34.1 Å². The molecule has 24 heavy (non-hydrogen) atoms. The van der Waals surface area contributed by atoms with Gasteiger partial charge in [-0.3, -0.25) is 4.79 Å². The minimum atomic E-state index is 0.174. The average Bonchev–Trinajstić information content (AvgIpc) is 3.28. The molecule has 4 nitrogen and oxygen atoms in total. The van der Waals surface area contributed by atoms with Crippen molar-refractivity contribution < 1.29 is 4.79 Å². The maximum absolute atomic E-state index is 12.8. The summed E-state index contributed by atoms with van der Waals surface area (Å²) in [5.74, 6) is 0.901. The number of halogens is 1. The Bertz CT molecular complexity index is 754. The Morgan fingerprint density at radius 3 is 2.75 bits per heavy atom. The fourth-order valence-corrected chi connectivity index (χ4v) is 4.69. The zero-order valence-corrected chi connectivity index (χ0v) is 16.0. The number of carbonyl (C=O) groups excluding carboxylic acids is 1. The maximum atomic E-state index is 12.8. The number of aryl methyl sites for hydroxylation is 1. The zero-order valence-electron chi connectivity index (χ0n) is 13.6. The van der Waals surface area contributed by atoms with Crippen LogP contribution in [-0.2, 0) is 4.79 Å². The van der Waals surface area contributed by atoms with Crippen molar-refractivity contribution >= 4 is 38.3 Å². The molecule has 2 heterocycles. The van der Waals surface area contributed by atoms with Crippen molar-refractivity contribution in [3.63, 3.8) is 0 Å². The van der Waals surface area contributed by atoms with Crippen molar-refractivity contribution in [2.24, 2.45) is 5.92 Å². The minimum Gasteiger partial charge on any atom is -0.345 e. The van der Waals surface area contributed by atoms with Crippen LogP contribution in [0.2, 0.25) is 0 Å². The van der Waals surface area contributed by atoms with Gasteiger partial charge in [0.2, 0.25) is 5.91 Å². The number of aromatic nitrogens is 1. The monoisotopic (exact) mass is 405 g/mol. The third kappa shape index (κ3) is 3.22. The summed E-state index contributed by atoms with van der Waals surface area (Å²) in [7, 11) is 0. The van der Waals surface area contributed by atoms with E-state index in [4.69, 9.17) is 0 Å². The summed E-state index contributed by atoms with van der Waals surface area (Å²) in [4.78, 5) is 21.6. The van der Waals surface area contributed by atoms with Gasteiger partial charge in [0, 0.05) is 41.9 Å². The molecular formula is C18H20BrN3OS. The molecule has 1 saturated heterocycles. The quantitative estimate of drug-likeness (QED) is 0.781. The molecule has 2 aromatic rings. The molecule has 1 aliphatic heterocycles. The zero-order chi connectivity index (χ0) is 16.7. The number of rotatable bonds is 3. The van der Waals surface area contributed by atoms with Crippen LogP contribution in [0, 0.1) is 12.8 Å². The van der Waals surface area contributed by atoms with Gasteiger partial charge in [-0.25, -0.2) is 4.98 Å². The molecule has 126 valence electrons. The molecule has 2 fully saturated rings. The van der Waals surface area contributed by atoms with Crippen LogP contribution < -0.4 is 4.90 Å². The van der Waals surface area contributed by atoms with Gasteiger partial charge in [0.25, 0.3) is 0 Å². The third-order valence-corrected chi connectivity index (χ3v) is 6.37. The number of amides is 1. The Balaban J connectivity index is 1.34. The minimum absolute atomic E-state index is 0.174. The summed E-state index contributed by atoms with van der Waals surface area (Å²) in [6.45, 7) is 5.40. The lowest BCUT2D eigenvalue weighted by molar-refractivity contribution is -0.132.